The Labute approximate surface area is 137 Å². The lowest BCUT2D eigenvalue weighted by Gasteiger charge is -1.99. The van der Waals surface area contributed by atoms with Gasteiger partial charge < -0.3 is 9.47 Å². The molecule has 0 saturated heterocycles. The Hall–Kier alpha value is -3.48. The van der Waals surface area contributed by atoms with Gasteiger partial charge in [-0.15, -0.1) is 0 Å². The highest BCUT2D eigenvalue weighted by atomic mass is 16.6. The first kappa shape index (κ1) is 15.4. The number of cyclic esters (lactones) is 1. The van der Waals surface area contributed by atoms with Crippen LogP contribution in [0.5, 0.6) is 5.75 Å². The van der Waals surface area contributed by atoms with Gasteiger partial charge >= 0.3 is 5.97 Å². The molecule has 24 heavy (non-hydrogen) atoms. The summed E-state index contributed by atoms with van der Waals surface area (Å²) in [6.45, 7) is 0. The zero-order valence-electron chi connectivity index (χ0n) is 12.6. The molecular weight excluding hydrogens is 312 g/mol. The predicted octanol–water partition coefficient (Wildman–Crippen LogP) is 2.95. The summed E-state index contributed by atoms with van der Waals surface area (Å²) in [5.41, 5.74) is 1.16. The van der Waals surface area contributed by atoms with Gasteiger partial charge in [0.05, 0.1) is 12.0 Å². The van der Waals surface area contributed by atoms with Gasteiger partial charge in [0.25, 0.3) is 5.69 Å². The summed E-state index contributed by atoms with van der Waals surface area (Å²) in [5, 5.41) is 10.8. The van der Waals surface area contributed by atoms with Crippen LogP contribution in [0.3, 0.4) is 0 Å². The largest absolute Gasteiger partial charge is 0.497 e. The number of aliphatic imine (C=N–C) groups is 1. The summed E-state index contributed by atoms with van der Waals surface area (Å²) in [6, 6.07) is 12.8. The summed E-state index contributed by atoms with van der Waals surface area (Å²) < 4.78 is 10.2. The van der Waals surface area contributed by atoms with Gasteiger partial charge in [0.15, 0.2) is 5.70 Å². The molecule has 0 radical (unpaired) electrons. The summed E-state index contributed by atoms with van der Waals surface area (Å²) >= 11 is 0. The Morgan fingerprint density at radius 1 is 1.21 bits per heavy atom. The smallest absolute Gasteiger partial charge is 0.363 e. The zero-order chi connectivity index (χ0) is 17.1. The summed E-state index contributed by atoms with van der Waals surface area (Å²) in [7, 11) is 1.57. The first-order valence-electron chi connectivity index (χ1n) is 6.98. The molecule has 3 rings (SSSR count). The third-order valence-electron chi connectivity index (χ3n) is 3.34. The number of carbonyl (C=O) groups is 1. The van der Waals surface area contributed by atoms with Gasteiger partial charge in [-0.25, -0.2) is 9.79 Å². The summed E-state index contributed by atoms with van der Waals surface area (Å²) in [4.78, 5) is 26.4. The van der Waals surface area contributed by atoms with Gasteiger partial charge in [-0.3, -0.25) is 10.1 Å². The lowest BCUT2D eigenvalue weighted by Crippen LogP contribution is -2.05. The van der Waals surface area contributed by atoms with Crippen molar-refractivity contribution in [2.24, 2.45) is 4.99 Å². The number of methoxy groups -OCH3 is 1. The molecule has 2 aromatic rings. The van der Waals surface area contributed by atoms with Crippen LogP contribution in [0.25, 0.3) is 6.08 Å². The van der Waals surface area contributed by atoms with E-state index in [1.54, 1.807) is 43.5 Å². The lowest BCUT2D eigenvalue weighted by molar-refractivity contribution is -0.384. The van der Waals surface area contributed by atoms with Gasteiger partial charge in [-0.1, -0.05) is 18.2 Å². The number of hydrogen-bond donors (Lipinski definition) is 0. The molecule has 0 amide bonds. The molecule has 1 aliphatic heterocycles. The quantitative estimate of drug-likeness (QED) is 0.373. The second-order valence-corrected chi connectivity index (χ2v) is 4.92. The molecule has 0 bridgehead atoms. The van der Waals surface area contributed by atoms with E-state index in [0.717, 1.165) is 5.56 Å². The van der Waals surface area contributed by atoms with Gasteiger partial charge in [0.1, 0.15) is 5.75 Å². The minimum Gasteiger partial charge on any atom is -0.497 e. The molecule has 1 aliphatic rings. The van der Waals surface area contributed by atoms with E-state index < -0.39 is 10.9 Å². The summed E-state index contributed by atoms with van der Waals surface area (Å²) in [6.07, 6.45) is 1.58. The van der Waals surface area contributed by atoms with Crippen molar-refractivity contribution < 1.29 is 19.2 Å². The van der Waals surface area contributed by atoms with E-state index >= 15 is 0 Å². The molecule has 1 heterocycles. The second-order valence-electron chi connectivity index (χ2n) is 4.92. The second kappa shape index (κ2) is 6.33. The van der Waals surface area contributed by atoms with Crippen molar-refractivity contribution in [1.82, 2.24) is 0 Å². The molecule has 0 spiro atoms. The monoisotopic (exact) mass is 324 g/mol. The number of carbonyl (C=O) groups excluding carboxylic acids is 1. The number of nitro groups is 1. The molecule has 2 aromatic carbocycles. The number of rotatable bonds is 4. The zero-order valence-corrected chi connectivity index (χ0v) is 12.6. The molecular formula is C17H12N2O5. The van der Waals surface area contributed by atoms with Crippen molar-refractivity contribution in [2.45, 2.75) is 0 Å². The molecule has 0 aromatic heterocycles. The Kier molecular flexibility index (Phi) is 4.07. The highest BCUT2D eigenvalue weighted by Crippen LogP contribution is 2.22. The van der Waals surface area contributed by atoms with Gasteiger partial charge in [-0.05, 0) is 29.8 Å². The predicted molar refractivity (Wildman–Crippen MR) is 86.7 cm³/mol. The van der Waals surface area contributed by atoms with E-state index in [1.807, 2.05) is 0 Å². The van der Waals surface area contributed by atoms with E-state index in [1.165, 1.54) is 18.2 Å². The third kappa shape index (κ3) is 3.14. The number of esters is 1. The fourth-order valence-corrected chi connectivity index (χ4v) is 2.14. The van der Waals surface area contributed by atoms with Crippen molar-refractivity contribution in [3.05, 3.63) is 75.5 Å². The Morgan fingerprint density at radius 3 is 2.62 bits per heavy atom. The molecule has 7 heteroatoms. The first-order valence-corrected chi connectivity index (χ1v) is 6.98. The third-order valence-corrected chi connectivity index (χ3v) is 3.34. The average Bonchev–Trinajstić information content (AvgIpc) is 2.96. The van der Waals surface area contributed by atoms with Crippen LogP contribution in [0, 0.1) is 10.1 Å². The number of hydrogen-bond acceptors (Lipinski definition) is 6. The van der Waals surface area contributed by atoms with Crippen LogP contribution in [0.15, 0.2) is 59.2 Å². The molecule has 120 valence electrons. The lowest BCUT2D eigenvalue weighted by atomic mass is 10.2. The van der Waals surface area contributed by atoms with Crippen LogP contribution in [-0.4, -0.2) is 23.9 Å². The van der Waals surface area contributed by atoms with Gasteiger partial charge in [0, 0.05) is 17.7 Å². The molecule has 0 atom stereocenters. The van der Waals surface area contributed by atoms with Crippen molar-refractivity contribution in [3.63, 3.8) is 0 Å². The molecule has 0 aliphatic carbocycles. The maximum Gasteiger partial charge on any atom is 0.363 e. The molecule has 0 unspecified atom stereocenters. The number of nitro benzene ring substituents is 1. The fraction of sp³-hybridized carbons (Fsp3) is 0.0588. The summed E-state index contributed by atoms with van der Waals surface area (Å²) in [5.74, 6) is 0.141. The topological polar surface area (TPSA) is 91.0 Å². The van der Waals surface area contributed by atoms with Crippen LogP contribution in [0.1, 0.15) is 11.1 Å². The van der Waals surface area contributed by atoms with Crippen LogP contribution < -0.4 is 4.74 Å². The number of benzene rings is 2. The minimum atomic E-state index is -0.604. The fourth-order valence-electron chi connectivity index (χ4n) is 2.14. The Bertz CT molecular complexity index is 869. The number of ether oxygens (including phenoxy) is 2. The molecule has 0 saturated carbocycles. The highest BCUT2D eigenvalue weighted by Gasteiger charge is 2.25. The van der Waals surface area contributed by atoms with Crippen LogP contribution in [-0.2, 0) is 9.53 Å². The maximum atomic E-state index is 11.9. The number of nitrogens with zero attached hydrogens (tertiary/aromatic N) is 2. The van der Waals surface area contributed by atoms with E-state index in [2.05, 4.69) is 4.99 Å². The Balaban J connectivity index is 1.91. The van der Waals surface area contributed by atoms with Crippen LogP contribution >= 0.6 is 0 Å². The van der Waals surface area contributed by atoms with E-state index in [-0.39, 0.29) is 17.3 Å². The standard InChI is InChI=1S/C17H12N2O5/c1-23-14-7-5-11(6-8-14)9-15-17(20)24-16(18-15)12-3-2-4-13(10-12)19(21)22/h2-10H,1H3. The van der Waals surface area contributed by atoms with Crippen LogP contribution in [0.4, 0.5) is 5.69 Å². The average molecular weight is 324 g/mol. The van der Waals surface area contributed by atoms with E-state index in [0.29, 0.717) is 11.3 Å². The first-order chi connectivity index (χ1) is 11.6. The van der Waals surface area contributed by atoms with Crippen molar-refractivity contribution in [2.75, 3.05) is 7.11 Å². The molecule has 0 fully saturated rings. The van der Waals surface area contributed by atoms with Crippen molar-refractivity contribution in [1.29, 1.82) is 0 Å². The molecule has 7 nitrogen and oxygen atoms in total. The highest BCUT2D eigenvalue weighted by molar-refractivity contribution is 6.13. The maximum absolute atomic E-state index is 11.9. The van der Waals surface area contributed by atoms with Gasteiger partial charge in [0.2, 0.25) is 5.90 Å². The SMILES string of the molecule is COc1ccc(C=C2N=C(c3cccc([N+](=O)[O-])c3)OC2=O)cc1. The molecule has 0 N–H and O–H groups in total. The van der Waals surface area contributed by atoms with E-state index in [9.17, 15) is 14.9 Å². The normalized spacial score (nSPS) is 15.1. The Morgan fingerprint density at radius 2 is 1.96 bits per heavy atom. The number of non-ortho nitro benzene ring substituents is 1. The minimum absolute atomic E-state index is 0.0449. The van der Waals surface area contributed by atoms with Crippen molar-refractivity contribution >= 4 is 23.6 Å². The van der Waals surface area contributed by atoms with Crippen molar-refractivity contribution in [3.8, 4) is 5.75 Å². The van der Waals surface area contributed by atoms with E-state index in [4.69, 9.17) is 9.47 Å². The van der Waals surface area contributed by atoms with Crippen LogP contribution in [0.2, 0.25) is 0 Å². The van der Waals surface area contributed by atoms with Gasteiger partial charge in [-0.2, -0.15) is 0 Å².